The predicted molar refractivity (Wildman–Crippen MR) is 178 cm³/mol. The summed E-state index contributed by atoms with van der Waals surface area (Å²) in [4.78, 5) is 18.9. The predicted octanol–water partition coefficient (Wildman–Crippen LogP) is 7.89. The maximum absolute atomic E-state index is 14.0. The van der Waals surface area contributed by atoms with Crippen molar-refractivity contribution in [3.63, 3.8) is 0 Å². The molecule has 45 heavy (non-hydrogen) atoms. The molecule has 0 saturated carbocycles. The first-order valence-electron chi connectivity index (χ1n) is 14.6. The Morgan fingerprint density at radius 2 is 1.80 bits per heavy atom. The number of aromatic nitrogens is 2. The van der Waals surface area contributed by atoms with E-state index in [9.17, 15) is 10.1 Å². The third kappa shape index (κ3) is 6.54. The first kappa shape index (κ1) is 31.3. The van der Waals surface area contributed by atoms with E-state index in [-0.39, 0.29) is 18.1 Å². The van der Waals surface area contributed by atoms with Gasteiger partial charge in [-0.25, -0.2) is 4.98 Å². The molecule has 1 aromatic heterocycles. The molecule has 0 saturated heterocycles. The fourth-order valence-corrected chi connectivity index (χ4v) is 5.31. The van der Waals surface area contributed by atoms with Crippen LogP contribution in [0.4, 0.5) is 0 Å². The monoisotopic (exact) mass is 620 g/mol. The summed E-state index contributed by atoms with van der Waals surface area (Å²) in [6.45, 7) is 8.75. The Morgan fingerprint density at radius 1 is 1.04 bits per heavy atom. The lowest BCUT2D eigenvalue weighted by Gasteiger charge is -2.18. The minimum Gasteiger partial charge on any atom is -0.494 e. The van der Waals surface area contributed by atoms with Gasteiger partial charge in [0.05, 0.1) is 42.5 Å². The lowest BCUT2D eigenvalue weighted by atomic mass is 9.96. The second-order valence-corrected chi connectivity index (χ2v) is 11.1. The number of nitriles is 1. The number of ether oxygens (including phenoxy) is 3. The van der Waals surface area contributed by atoms with Crippen molar-refractivity contribution < 1.29 is 14.2 Å². The number of benzene rings is 4. The number of halogens is 1. The Balaban J connectivity index is 1.68. The summed E-state index contributed by atoms with van der Waals surface area (Å²) in [5.74, 6) is 2.10. The van der Waals surface area contributed by atoms with E-state index < -0.39 is 0 Å². The van der Waals surface area contributed by atoms with E-state index in [2.05, 4.69) is 25.0 Å². The molecule has 1 heterocycles. The summed E-state index contributed by atoms with van der Waals surface area (Å²) in [5.41, 5.74) is 4.58. The maximum Gasteiger partial charge on any atom is 0.282 e. The minimum atomic E-state index is -0.328. The molecule has 0 aliphatic rings. The van der Waals surface area contributed by atoms with Gasteiger partial charge in [-0.15, -0.1) is 0 Å². The van der Waals surface area contributed by atoms with Crippen molar-refractivity contribution in [1.29, 1.82) is 5.26 Å². The Labute approximate surface area is 267 Å². The molecule has 0 amide bonds. The number of aryl methyl sites for hydroxylation is 1. The fraction of sp³-hybridized carbons (Fsp3) is 0.222. The van der Waals surface area contributed by atoms with Gasteiger partial charge in [0, 0.05) is 27.8 Å². The normalized spacial score (nSPS) is 11.2. The van der Waals surface area contributed by atoms with Gasteiger partial charge in [-0.2, -0.15) is 15.0 Å². The van der Waals surface area contributed by atoms with Crippen molar-refractivity contribution in [2.45, 2.75) is 40.2 Å². The number of fused-ring (bicyclic) bond motifs is 1. The number of nitrogens with zero attached hydrogens (tertiary/aromatic N) is 4. The van der Waals surface area contributed by atoms with Crippen molar-refractivity contribution in [2.24, 2.45) is 5.10 Å². The van der Waals surface area contributed by atoms with Gasteiger partial charge in [0.1, 0.15) is 12.4 Å². The largest absolute Gasteiger partial charge is 0.494 e. The van der Waals surface area contributed by atoms with Crippen LogP contribution in [-0.4, -0.2) is 29.6 Å². The van der Waals surface area contributed by atoms with Crippen LogP contribution in [-0.2, 0) is 6.61 Å². The smallest absolute Gasteiger partial charge is 0.282 e. The molecule has 228 valence electrons. The highest BCUT2D eigenvalue weighted by Crippen LogP contribution is 2.36. The molecule has 0 atom stereocenters. The van der Waals surface area contributed by atoms with Crippen LogP contribution in [0, 0.1) is 18.3 Å². The van der Waals surface area contributed by atoms with E-state index in [1.807, 2.05) is 50.2 Å². The average Bonchev–Trinajstić information content (AvgIpc) is 3.03. The van der Waals surface area contributed by atoms with Crippen LogP contribution >= 0.6 is 11.6 Å². The highest BCUT2D eigenvalue weighted by Gasteiger charge is 2.19. The Hall–Kier alpha value is -5.13. The van der Waals surface area contributed by atoms with Gasteiger partial charge in [-0.1, -0.05) is 55.8 Å². The fourth-order valence-electron chi connectivity index (χ4n) is 5.09. The number of para-hydroxylation sites is 1. The van der Waals surface area contributed by atoms with Crippen LogP contribution < -0.4 is 19.8 Å². The quantitative estimate of drug-likeness (QED) is 0.147. The number of rotatable bonds is 10. The molecule has 4 aromatic carbocycles. The summed E-state index contributed by atoms with van der Waals surface area (Å²) in [5, 5.41) is 15.0. The molecule has 0 unspecified atom stereocenters. The summed E-state index contributed by atoms with van der Waals surface area (Å²) >= 11 is 6.46. The van der Waals surface area contributed by atoms with Gasteiger partial charge in [0.2, 0.25) is 0 Å². The van der Waals surface area contributed by atoms with Crippen LogP contribution in [0.5, 0.6) is 17.2 Å². The first-order valence-corrected chi connectivity index (χ1v) is 15.0. The number of hydrogen-bond acceptors (Lipinski definition) is 7. The van der Waals surface area contributed by atoms with Crippen LogP contribution in [0.1, 0.15) is 54.5 Å². The van der Waals surface area contributed by atoms with Gasteiger partial charge in [0.25, 0.3) is 5.56 Å². The van der Waals surface area contributed by atoms with Crippen molar-refractivity contribution in [1.82, 2.24) is 9.66 Å². The van der Waals surface area contributed by atoms with Crippen molar-refractivity contribution >= 4 is 28.7 Å². The van der Waals surface area contributed by atoms with E-state index in [1.165, 1.54) is 18.0 Å². The lowest BCUT2D eigenvalue weighted by molar-refractivity contribution is 0.284. The number of hydrogen-bond donors (Lipinski definition) is 0. The van der Waals surface area contributed by atoms with Gasteiger partial charge >= 0.3 is 0 Å². The SMILES string of the molecule is CCOc1cc(C)c(-c2nc3ccccc3c(=O)n2N=Cc2cc(Cl)cc(OC)c2OCc2ccccc2C#N)cc1C(C)C. The Bertz CT molecular complexity index is 2010. The topological polar surface area (TPSA) is 98.7 Å². The van der Waals surface area contributed by atoms with E-state index in [0.29, 0.717) is 56.5 Å². The zero-order valence-electron chi connectivity index (χ0n) is 25.8. The zero-order chi connectivity index (χ0) is 32.1. The molecule has 0 bridgehead atoms. The molecule has 0 fully saturated rings. The van der Waals surface area contributed by atoms with Crippen LogP contribution in [0.3, 0.4) is 0 Å². The standard InChI is InChI=1S/C36H33ClN4O4/c1-6-44-32-15-23(4)30(18-29(32)22(2)3)35-40-31-14-10-9-13-28(31)36(42)41(35)39-20-26-16-27(37)17-33(43-5)34(26)45-21-25-12-8-7-11-24(25)19-38/h7-18,20,22H,6,21H2,1-5H3. The maximum atomic E-state index is 14.0. The van der Waals surface area contributed by atoms with Gasteiger partial charge < -0.3 is 14.2 Å². The third-order valence-corrected chi connectivity index (χ3v) is 7.58. The molecule has 0 spiro atoms. The summed E-state index contributed by atoms with van der Waals surface area (Å²) in [6, 6.07) is 23.9. The molecule has 0 N–H and O–H groups in total. The van der Waals surface area contributed by atoms with Crippen LogP contribution in [0.2, 0.25) is 5.02 Å². The van der Waals surface area contributed by atoms with E-state index in [1.54, 1.807) is 36.4 Å². The van der Waals surface area contributed by atoms with E-state index in [4.69, 9.17) is 30.8 Å². The van der Waals surface area contributed by atoms with E-state index in [0.717, 1.165) is 22.4 Å². The molecule has 0 aliphatic heterocycles. The van der Waals surface area contributed by atoms with Crippen molar-refractivity contribution in [2.75, 3.05) is 13.7 Å². The van der Waals surface area contributed by atoms with Crippen molar-refractivity contribution in [3.8, 4) is 34.7 Å². The average molecular weight is 621 g/mol. The molecule has 5 aromatic rings. The van der Waals surface area contributed by atoms with E-state index >= 15 is 0 Å². The molecule has 0 aliphatic carbocycles. The van der Waals surface area contributed by atoms with Gasteiger partial charge in [-0.3, -0.25) is 4.79 Å². The highest BCUT2D eigenvalue weighted by molar-refractivity contribution is 6.31. The molecule has 8 nitrogen and oxygen atoms in total. The zero-order valence-corrected chi connectivity index (χ0v) is 26.6. The molecule has 9 heteroatoms. The minimum absolute atomic E-state index is 0.106. The second-order valence-electron chi connectivity index (χ2n) is 10.7. The molecule has 5 rings (SSSR count). The highest BCUT2D eigenvalue weighted by atomic mass is 35.5. The third-order valence-electron chi connectivity index (χ3n) is 7.36. The molecular weight excluding hydrogens is 588 g/mol. The summed E-state index contributed by atoms with van der Waals surface area (Å²) < 4.78 is 19.0. The van der Waals surface area contributed by atoms with Crippen molar-refractivity contribution in [3.05, 3.63) is 116 Å². The molecular formula is C36H33ClN4O4. The first-order chi connectivity index (χ1) is 21.7. The van der Waals surface area contributed by atoms with Crippen LogP contribution in [0.25, 0.3) is 22.3 Å². The Morgan fingerprint density at radius 3 is 2.53 bits per heavy atom. The summed E-state index contributed by atoms with van der Waals surface area (Å²) in [7, 11) is 1.51. The summed E-state index contributed by atoms with van der Waals surface area (Å²) in [6.07, 6.45) is 1.51. The molecule has 0 radical (unpaired) electrons. The number of methoxy groups -OCH3 is 1. The van der Waals surface area contributed by atoms with Crippen LogP contribution in [0.15, 0.2) is 82.7 Å². The second kappa shape index (κ2) is 13.7. The van der Waals surface area contributed by atoms with Gasteiger partial charge in [0.15, 0.2) is 17.3 Å². The lowest BCUT2D eigenvalue weighted by Crippen LogP contribution is -2.21. The Kier molecular flexibility index (Phi) is 9.50. The van der Waals surface area contributed by atoms with Gasteiger partial charge in [-0.05, 0) is 67.3 Å².